The second kappa shape index (κ2) is 10.1. The molecule has 4 rings (SSSR count). The molecule has 0 spiro atoms. The van der Waals surface area contributed by atoms with Crippen molar-refractivity contribution in [1.29, 1.82) is 0 Å². The van der Waals surface area contributed by atoms with Gasteiger partial charge in [0, 0.05) is 24.4 Å². The average molecular weight is 487 g/mol. The normalized spacial score (nSPS) is 12.1. The van der Waals surface area contributed by atoms with Gasteiger partial charge < -0.3 is 20.1 Å². The smallest absolute Gasteiger partial charge is 0.338 e. The SMILES string of the molecule is COc1cccc(NC(=O)COC(=O)c2ccc3c(c2)C(=O)N(c2ccc(NC(C)=O)cc2)C3=O)c1. The number of benzene rings is 3. The van der Waals surface area contributed by atoms with Gasteiger partial charge in [0.2, 0.25) is 5.91 Å². The van der Waals surface area contributed by atoms with E-state index in [1.807, 2.05) is 0 Å². The van der Waals surface area contributed by atoms with Crippen molar-refractivity contribution in [1.82, 2.24) is 0 Å². The molecule has 36 heavy (non-hydrogen) atoms. The van der Waals surface area contributed by atoms with Crippen LogP contribution < -0.4 is 20.3 Å². The van der Waals surface area contributed by atoms with E-state index in [0.717, 1.165) is 4.90 Å². The first-order valence-electron chi connectivity index (χ1n) is 10.8. The highest BCUT2D eigenvalue weighted by Crippen LogP contribution is 2.30. The van der Waals surface area contributed by atoms with E-state index in [1.54, 1.807) is 36.4 Å². The molecule has 0 saturated heterocycles. The molecule has 2 N–H and O–H groups in total. The molecule has 0 unspecified atom stereocenters. The number of anilines is 3. The molecule has 4 amide bonds. The third-order valence-electron chi connectivity index (χ3n) is 5.26. The van der Waals surface area contributed by atoms with Gasteiger partial charge in [-0.15, -0.1) is 0 Å². The Labute approximate surface area is 205 Å². The number of nitrogens with one attached hydrogen (secondary N) is 2. The lowest BCUT2D eigenvalue weighted by Gasteiger charge is -2.14. The number of imide groups is 1. The highest BCUT2D eigenvalue weighted by Gasteiger charge is 2.37. The Morgan fingerprint density at radius 1 is 0.833 bits per heavy atom. The minimum Gasteiger partial charge on any atom is -0.497 e. The summed E-state index contributed by atoms with van der Waals surface area (Å²) in [5.41, 5.74) is 1.51. The van der Waals surface area contributed by atoms with Crippen LogP contribution in [0.2, 0.25) is 0 Å². The van der Waals surface area contributed by atoms with Gasteiger partial charge in [0.25, 0.3) is 17.7 Å². The van der Waals surface area contributed by atoms with E-state index in [9.17, 15) is 24.0 Å². The fraction of sp³-hybridized carbons (Fsp3) is 0.115. The number of ether oxygens (including phenoxy) is 2. The second-order valence-corrected chi connectivity index (χ2v) is 7.79. The Morgan fingerprint density at radius 2 is 1.56 bits per heavy atom. The molecule has 0 atom stereocenters. The fourth-order valence-corrected chi connectivity index (χ4v) is 3.61. The first-order chi connectivity index (χ1) is 17.3. The molecule has 10 heteroatoms. The van der Waals surface area contributed by atoms with E-state index >= 15 is 0 Å². The van der Waals surface area contributed by atoms with E-state index in [1.165, 1.54) is 44.4 Å². The molecule has 1 heterocycles. The zero-order chi connectivity index (χ0) is 25.8. The summed E-state index contributed by atoms with van der Waals surface area (Å²) in [6, 6.07) is 16.9. The number of carbonyl (C=O) groups is 5. The van der Waals surface area contributed by atoms with Gasteiger partial charge in [-0.2, -0.15) is 0 Å². The highest BCUT2D eigenvalue weighted by molar-refractivity contribution is 6.34. The van der Waals surface area contributed by atoms with Gasteiger partial charge in [-0.3, -0.25) is 19.2 Å². The zero-order valence-corrected chi connectivity index (χ0v) is 19.4. The summed E-state index contributed by atoms with van der Waals surface area (Å²) in [7, 11) is 1.50. The Kier molecular flexibility index (Phi) is 6.77. The van der Waals surface area contributed by atoms with E-state index in [0.29, 0.717) is 22.8 Å². The molecule has 1 aliphatic rings. The molecule has 0 radical (unpaired) electrons. The molecular weight excluding hydrogens is 466 g/mol. The summed E-state index contributed by atoms with van der Waals surface area (Å²) < 4.78 is 10.2. The molecule has 0 fully saturated rings. The van der Waals surface area contributed by atoms with Crippen molar-refractivity contribution in [2.45, 2.75) is 6.92 Å². The molecule has 0 aliphatic carbocycles. The van der Waals surface area contributed by atoms with E-state index < -0.39 is 30.3 Å². The predicted molar refractivity (Wildman–Crippen MR) is 130 cm³/mol. The number of carbonyl (C=O) groups excluding carboxylic acids is 5. The molecule has 0 bridgehead atoms. The van der Waals surface area contributed by atoms with Crippen LogP contribution in [0.4, 0.5) is 17.1 Å². The monoisotopic (exact) mass is 487 g/mol. The molecular formula is C26H21N3O7. The minimum absolute atomic E-state index is 0.0203. The molecule has 3 aromatic carbocycles. The van der Waals surface area contributed by atoms with Crippen LogP contribution in [0.25, 0.3) is 0 Å². The lowest BCUT2D eigenvalue weighted by atomic mass is 10.1. The van der Waals surface area contributed by atoms with Crippen molar-refractivity contribution in [2.75, 3.05) is 29.3 Å². The summed E-state index contributed by atoms with van der Waals surface area (Å²) in [6.45, 7) is 0.820. The molecule has 0 aromatic heterocycles. The van der Waals surface area contributed by atoms with Gasteiger partial charge in [-0.25, -0.2) is 9.69 Å². The van der Waals surface area contributed by atoms with Crippen LogP contribution >= 0.6 is 0 Å². The largest absolute Gasteiger partial charge is 0.497 e. The van der Waals surface area contributed by atoms with E-state index in [4.69, 9.17) is 9.47 Å². The number of esters is 1. The maximum absolute atomic E-state index is 13.0. The van der Waals surface area contributed by atoms with Gasteiger partial charge in [0.1, 0.15) is 5.75 Å². The number of methoxy groups -OCH3 is 1. The number of rotatable bonds is 7. The zero-order valence-electron chi connectivity index (χ0n) is 19.4. The molecule has 1 aliphatic heterocycles. The second-order valence-electron chi connectivity index (χ2n) is 7.79. The Hall–Kier alpha value is -4.99. The van der Waals surface area contributed by atoms with Crippen molar-refractivity contribution in [2.24, 2.45) is 0 Å². The third kappa shape index (κ3) is 5.07. The standard InChI is InChI=1S/C26H21N3O7/c1-15(30)27-17-7-9-19(10-8-17)29-24(32)21-11-6-16(12-22(21)25(29)33)26(34)36-14-23(31)28-18-4-3-5-20(13-18)35-2/h3-13H,14H2,1-2H3,(H,27,30)(H,28,31). The van der Waals surface area contributed by atoms with Crippen LogP contribution in [-0.4, -0.2) is 43.3 Å². The van der Waals surface area contributed by atoms with E-state index in [-0.39, 0.29) is 22.6 Å². The number of fused-ring (bicyclic) bond motifs is 1. The number of nitrogens with zero attached hydrogens (tertiary/aromatic N) is 1. The molecule has 10 nitrogen and oxygen atoms in total. The number of hydrogen-bond donors (Lipinski definition) is 2. The van der Waals surface area contributed by atoms with E-state index in [2.05, 4.69) is 10.6 Å². The van der Waals surface area contributed by atoms with Crippen molar-refractivity contribution < 1.29 is 33.4 Å². The molecule has 3 aromatic rings. The quantitative estimate of drug-likeness (QED) is 0.386. The fourth-order valence-electron chi connectivity index (χ4n) is 3.61. The highest BCUT2D eigenvalue weighted by atomic mass is 16.5. The minimum atomic E-state index is -0.822. The average Bonchev–Trinajstić information content (AvgIpc) is 3.12. The lowest BCUT2D eigenvalue weighted by molar-refractivity contribution is -0.119. The van der Waals surface area contributed by atoms with Crippen molar-refractivity contribution >= 4 is 46.7 Å². The van der Waals surface area contributed by atoms with Crippen LogP contribution in [0.5, 0.6) is 5.75 Å². The van der Waals surface area contributed by atoms with Crippen LogP contribution in [0.15, 0.2) is 66.7 Å². The van der Waals surface area contributed by atoms with Crippen LogP contribution in [0.3, 0.4) is 0 Å². The summed E-state index contributed by atoms with van der Waals surface area (Å²) in [5, 5.41) is 5.20. The van der Waals surface area contributed by atoms with Gasteiger partial charge in [0.05, 0.1) is 29.5 Å². The first-order valence-corrected chi connectivity index (χ1v) is 10.8. The van der Waals surface area contributed by atoms with Gasteiger partial charge in [-0.1, -0.05) is 6.07 Å². The van der Waals surface area contributed by atoms with Crippen LogP contribution in [0.1, 0.15) is 38.0 Å². The summed E-state index contributed by atoms with van der Waals surface area (Å²) in [6.07, 6.45) is 0. The first kappa shape index (κ1) is 24.1. The van der Waals surface area contributed by atoms with Crippen molar-refractivity contribution in [3.05, 3.63) is 83.4 Å². The van der Waals surface area contributed by atoms with Gasteiger partial charge in [-0.05, 0) is 54.6 Å². The summed E-state index contributed by atoms with van der Waals surface area (Å²) >= 11 is 0. The summed E-state index contributed by atoms with van der Waals surface area (Å²) in [4.78, 5) is 62.6. The van der Waals surface area contributed by atoms with Crippen LogP contribution in [0, 0.1) is 0 Å². The lowest BCUT2D eigenvalue weighted by Crippen LogP contribution is -2.29. The third-order valence-corrected chi connectivity index (χ3v) is 5.26. The summed E-state index contributed by atoms with van der Waals surface area (Å²) in [5.74, 6) is -2.22. The van der Waals surface area contributed by atoms with Gasteiger partial charge >= 0.3 is 5.97 Å². The van der Waals surface area contributed by atoms with Crippen LogP contribution in [-0.2, 0) is 14.3 Å². The van der Waals surface area contributed by atoms with Crippen molar-refractivity contribution in [3.8, 4) is 5.75 Å². The molecule has 182 valence electrons. The maximum Gasteiger partial charge on any atom is 0.338 e. The Balaban J connectivity index is 1.42. The Morgan fingerprint density at radius 3 is 2.25 bits per heavy atom. The maximum atomic E-state index is 13.0. The number of hydrogen-bond acceptors (Lipinski definition) is 7. The molecule has 0 saturated carbocycles. The van der Waals surface area contributed by atoms with Gasteiger partial charge in [0.15, 0.2) is 6.61 Å². The van der Waals surface area contributed by atoms with Crippen molar-refractivity contribution in [3.63, 3.8) is 0 Å². The number of amides is 4. The Bertz CT molecular complexity index is 1380. The predicted octanol–water partition coefficient (Wildman–Crippen LogP) is 3.25. The topological polar surface area (TPSA) is 131 Å².